The highest BCUT2D eigenvalue weighted by Crippen LogP contribution is 2.18. The van der Waals surface area contributed by atoms with Gasteiger partial charge in [0.25, 0.3) is 0 Å². The maximum absolute atomic E-state index is 11.7. The molecule has 0 aromatic carbocycles. The van der Waals surface area contributed by atoms with E-state index >= 15 is 0 Å². The third kappa shape index (κ3) is 5.83. The highest BCUT2D eigenvalue weighted by molar-refractivity contribution is 5.75. The smallest absolute Gasteiger partial charge is 0.456 e. The van der Waals surface area contributed by atoms with Gasteiger partial charge in [-0.15, -0.1) is 0 Å². The lowest BCUT2D eigenvalue weighted by atomic mass is 10.1. The van der Waals surface area contributed by atoms with Crippen molar-refractivity contribution >= 4 is 5.97 Å². The second-order valence-electron chi connectivity index (χ2n) is 3.21. The molecular weight excluding hydrogens is 197 g/mol. The van der Waals surface area contributed by atoms with E-state index in [4.69, 9.17) is 0 Å². The first kappa shape index (κ1) is 13.3. The fraction of sp³-hybridized carbons (Fsp3) is 0.889. The van der Waals surface area contributed by atoms with Crippen LogP contribution in [-0.2, 0) is 9.53 Å². The Hall–Kier alpha value is -0.740. The van der Waals surface area contributed by atoms with Gasteiger partial charge in [0.05, 0.1) is 6.10 Å². The van der Waals surface area contributed by atoms with E-state index in [1.54, 1.807) is 0 Å². The number of hydrogen-bond donors (Lipinski definition) is 0. The first-order chi connectivity index (χ1) is 6.38. The van der Waals surface area contributed by atoms with Gasteiger partial charge < -0.3 is 4.74 Å². The Morgan fingerprint density at radius 3 is 2.36 bits per heavy atom. The minimum Gasteiger partial charge on any atom is -0.456 e. The molecule has 0 spiro atoms. The zero-order chi connectivity index (χ0) is 11.2. The predicted molar refractivity (Wildman–Crippen MR) is 45.8 cm³/mol. The molecule has 14 heavy (non-hydrogen) atoms. The van der Waals surface area contributed by atoms with Gasteiger partial charge in [0.2, 0.25) is 0 Å². The molecule has 0 unspecified atom stereocenters. The standard InChI is InChI=1S/C9H15F3O2/c1-3-4-5-6-7(2)14-8(13)9(10,11)12/h7H,3-6H2,1-2H3/t7-/m1/s1. The van der Waals surface area contributed by atoms with Gasteiger partial charge in [0, 0.05) is 0 Å². The SMILES string of the molecule is CCCCC[C@@H](C)OC(=O)C(F)(F)F. The van der Waals surface area contributed by atoms with E-state index in [0.717, 1.165) is 19.3 Å². The van der Waals surface area contributed by atoms with Crippen molar-refractivity contribution in [3.8, 4) is 0 Å². The molecule has 0 aromatic heterocycles. The van der Waals surface area contributed by atoms with Gasteiger partial charge in [0.15, 0.2) is 0 Å². The second kappa shape index (κ2) is 5.88. The third-order valence-corrected chi connectivity index (χ3v) is 1.75. The lowest BCUT2D eigenvalue weighted by molar-refractivity contribution is -0.204. The van der Waals surface area contributed by atoms with Crippen LogP contribution in [0.15, 0.2) is 0 Å². The summed E-state index contributed by atoms with van der Waals surface area (Å²) in [7, 11) is 0. The Morgan fingerprint density at radius 1 is 1.36 bits per heavy atom. The van der Waals surface area contributed by atoms with Gasteiger partial charge in [-0.05, 0) is 19.8 Å². The molecule has 0 saturated heterocycles. The Balaban J connectivity index is 3.72. The topological polar surface area (TPSA) is 26.3 Å². The number of carbonyl (C=O) groups excluding carboxylic acids is 1. The summed E-state index contributed by atoms with van der Waals surface area (Å²) in [6, 6.07) is 0. The quantitative estimate of drug-likeness (QED) is 0.517. The van der Waals surface area contributed by atoms with Crippen molar-refractivity contribution in [2.24, 2.45) is 0 Å². The molecule has 0 N–H and O–H groups in total. The summed E-state index contributed by atoms with van der Waals surface area (Å²) in [6.07, 6.45) is -2.35. The summed E-state index contributed by atoms with van der Waals surface area (Å²) < 4.78 is 39.4. The fourth-order valence-corrected chi connectivity index (χ4v) is 0.990. The van der Waals surface area contributed by atoms with Crippen LogP contribution in [0.1, 0.15) is 39.5 Å². The highest BCUT2D eigenvalue weighted by atomic mass is 19.4. The largest absolute Gasteiger partial charge is 0.490 e. The highest BCUT2D eigenvalue weighted by Gasteiger charge is 2.41. The van der Waals surface area contributed by atoms with Gasteiger partial charge in [-0.25, -0.2) is 4.79 Å². The van der Waals surface area contributed by atoms with Crippen molar-refractivity contribution in [3.05, 3.63) is 0 Å². The molecule has 0 saturated carbocycles. The summed E-state index contributed by atoms with van der Waals surface area (Å²) in [5.74, 6) is -2.10. The average Bonchev–Trinajstić information content (AvgIpc) is 2.03. The monoisotopic (exact) mass is 212 g/mol. The van der Waals surface area contributed by atoms with Crippen molar-refractivity contribution < 1.29 is 22.7 Å². The molecule has 0 fully saturated rings. The van der Waals surface area contributed by atoms with E-state index in [9.17, 15) is 18.0 Å². The number of hydrogen-bond acceptors (Lipinski definition) is 2. The van der Waals surface area contributed by atoms with Crippen LogP contribution in [0.4, 0.5) is 13.2 Å². The maximum Gasteiger partial charge on any atom is 0.490 e. The van der Waals surface area contributed by atoms with Gasteiger partial charge in [-0.3, -0.25) is 0 Å². The van der Waals surface area contributed by atoms with Crippen LogP contribution in [0, 0.1) is 0 Å². The summed E-state index contributed by atoms with van der Waals surface area (Å²) in [5.41, 5.74) is 0. The van der Waals surface area contributed by atoms with E-state index in [1.165, 1.54) is 6.92 Å². The minimum atomic E-state index is -4.88. The van der Waals surface area contributed by atoms with E-state index in [2.05, 4.69) is 4.74 Å². The number of alkyl halides is 3. The summed E-state index contributed by atoms with van der Waals surface area (Å²) in [5, 5.41) is 0. The lowest BCUT2D eigenvalue weighted by Crippen LogP contribution is -2.28. The number of halogens is 3. The zero-order valence-corrected chi connectivity index (χ0v) is 8.36. The molecule has 1 atom stereocenters. The molecule has 0 aliphatic carbocycles. The Labute approximate surface area is 81.4 Å². The molecule has 0 aromatic rings. The predicted octanol–water partition coefficient (Wildman–Crippen LogP) is 3.06. The van der Waals surface area contributed by atoms with Crippen molar-refractivity contribution in [3.63, 3.8) is 0 Å². The van der Waals surface area contributed by atoms with Crippen LogP contribution in [0.3, 0.4) is 0 Å². The molecule has 0 bridgehead atoms. The summed E-state index contributed by atoms with van der Waals surface area (Å²) >= 11 is 0. The molecular formula is C9H15F3O2. The first-order valence-electron chi connectivity index (χ1n) is 4.65. The molecule has 0 aliphatic heterocycles. The van der Waals surface area contributed by atoms with Crippen LogP contribution < -0.4 is 0 Å². The van der Waals surface area contributed by atoms with Crippen LogP contribution in [0.5, 0.6) is 0 Å². The lowest BCUT2D eigenvalue weighted by Gasteiger charge is -2.13. The Kier molecular flexibility index (Phi) is 5.57. The maximum atomic E-state index is 11.7. The molecule has 0 amide bonds. The van der Waals surface area contributed by atoms with E-state index in [0.29, 0.717) is 6.42 Å². The third-order valence-electron chi connectivity index (χ3n) is 1.75. The van der Waals surface area contributed by atoms with Crippen LogP contribution >= 0.6 is 0 Å². The summed E-state index contributed by atoms with van der Waals surface area (Å²) in [4.78, 5) is 10.4. The molecule has 0 rings (SSSR count). The van der Waals surface area contributed by atoms with Gasteiger partial charge in [-0.2, -0.15) is 13.2 Å². The Morgan fingerprint density at radius 2 is 1.93 bits per heavy atom. The van der Waals surface area contributed by atoms with Crippen molar-refractivity contribution in [2.75, 3.05) is 0 Å². The number of carbonyl (C=O) groups is 1. The molecule has 0 aliphatic rings. The second-order valence-corrected chi connectivity index (χ2v) is 3.21. The Bertz CT molecular complexity index is 177. The molecule has 0 heterocycles. The molecule has 5 heteroatoms. The van der Waals surface area contributed by atoms with Crippen molar-refractivity contribution in [1.29, 1.82) is 0 Å². The molecule has 0 radical (unpaired) electrons. The van der Waals surface area contributed by atoms with Crippen LogP contribution in [-0.4, -0.2) is 18.2 Å². The fourth-order valence-electron chi connectivity index (χ4n) is 0.990. The van der Waals surface area contributed by atoms with Gasteiger partial charge in [0.1, 0.15) is 0 Å². The van der Waals surface area contributed by atoms with Crippen LogP contribution in [0.2, 0.25) is 0 Å². The zero-order valence-electron chi connectivity index (χ0n) is 8.36. The average molecular weight is 212 g/mol. The number of rotatable bonds is 5. The number of ether oxygens (including phenoxy) is 1. The number of unbranched alkanes of at least 4 members (excludes halogenated alkanes) is 2. The van der Waals surface area contributed by atoms with Gasteiger partial charge >= 0.3 is 12.1 Å². The summed E-state index contributed by atoms with van der Waals surface area (Å²) in [6.45, 7) is 3.46. The minimum absolute atomic E-state index is 0.482. The van der Waals surface area contributed by atoms with Gasteiger partial charge in [-0.1, -0.05) is 19.8 Å². The van der Waals surface area contributed by atoms with Crippen molar-refractivity contribution in [2.45, 2.75) is 51.8 Å². The number of esters is 1. The van der Waals surface area contributed by atoms with E-state index in [1.807, 2.05) is 6.92 Å². The first-order valence-corrected chi connectivity index (χ1v) is 4.65. The molecule has 84 valence electrons. The molecule has 2 nitrogen and oxygen atoms in total. The van der Waals surface area contributed by atoms with Crippen LogP contribution in [0.25, 0.3) is 0 Å². The van der Waals surface area contributed by atoms with E-state index < -0.39 is 18.2 Å². The normalized spacial score (nSPS) is 13.8. The van der Waals surface area contributed by atoms with E-state index in [-0.39, 0.29) is 0 Å². The van der Waals surface area contributed by atoms with Crippen molar-refractivity contribution in [1.82, 2.24) is 0 Å².